The van der Waals surface area contributed by atoms with E-state index in [4.69, 9.17) is 5.84 Å². The van der Waals surface area contributed by atoms with Crippen LogP contribution in [0.15, 0.2) is 18.2 Å². The van der Waals surface area contributed by atoms with Gasteiger partial charge in [-0.15, -0.1) is 0 Å². The molecule has 0 saturated carbocycles. The predicted octanol–water partition coefficient (Wildman–Crippen LogP) is 1.14. The highest BCUT2D eigenvalue weighted by Gasteiger charge is 2.29. The molecule has 0 saturated heterocycles. The Morgan fingerprint density at radius 2 is 2.18 bits per heavy atom. The molecule has 0 fully saturated rings. The Kier molecular flexibility index (Phi) is 2.63. The molecule has 1 aromatic heterocycles. The lowest BCUT2D eigenvalue weighted by molar-refractivity contribution is -0.125. The first-order valence-corrected chi connectivity index (χ1v) is 5.43. The largest absolute Gasteiger partial charge is 0.342 e. The van der Waals surface area contributed by atoms with Crippen LogP contribution in [0.4, 0.5) is 0 Å². The van der Waals surface area contributed by atoms with Crippen molar-refractivity contribution in [3.05, 3.63) is 29.6 Å². The number of hydrogen-bond acceptors (Lipinski definition) is 3. The van der Waals surface area contributed by atoms with Gasteiger partial charge in [0, 0.05) is 0 Å². The Labute approximate surface area is 99.4 Å². The average molecular weight is 232 g/mol. The predicted molar refractivity (Wildman–Crippen MR) is 66.2 cm³/mol. The zero-order chi connectivity index (χ0) is 12.6. The van der Waals surface area contributed by atoms with Gasteiger partial charge in [0.2, 0.25) is 5.91 Å². The number of aromatic nitrogens is 2. The highest BCUT2D eigenvalue weighted by Crippen LogP contribution is 2.26. The summed E-state index contributed by atoms with van der Waals surface area (Å²) in [6.07, 6.45) is 0. The zero-order valence-electron chi connectivity index (χ0n) is 10.2. The number of carbonyl (C=O) groups excluding carboxylic acids is 1. The molecule has 1 amide bonds. The number of nitrogens with zero attached hydrogens (tertiary/aromatic N) is 1. The minimum absolute atomic E-state index is 0.215. The quantitative estimate of drug-likeness (QED) is 0.412. The minimum Gasteiger partial charge on any atom is -0.342 e. The van der Waals surface area contributed by atoms with Gasteiger partial charge >= 0.3 is 0 Å². The van der Waals surface area contributed by atoms with Crippen LogP contribution < -0.4 is 11.3 Å². The SMILES string of the molecule is Cc1nc2ccc(C(C)(C)C(=O)NN)cc2[nH]1. The molecule has 4 N–H and O–H groups in total. The van der Waals surface area contributed by atoms with Crippen molar-refractivity contribution < 1.29 is 4.79 Å². The first kappa shape index (κ1) is 11.6. The molecule has 2 rings (SSSR count). The van der Waals surface area contributed by atoms with Crippen LogP contribution in [0.5, 0.6) is 0 Å². The van der Waals surface area contributed by atoms with Crippen molar-refractivity contribution in [2.75, 3.05) is 0 Å². The summed E-state index contributed by atoms with van der Waals surface area (Å²) < 4.78 is 0. The fraction of sp³-hybridized carbons (Fsp3) is 0.333. The molecular weight excluding hydrogens is 216 g/mol. The van der Waals surface area contributed by atoms with Crippen LogP contribution in [-0.2, 0) is 10.2 Å². The van der Waals surface area contributed by atoms with Crippen LogP contribution in [0.25, 0.3) is 11.0 Å². The lowest BCUT2D eigenvalue weighted by Gasteiger charge is -2.22. The Morgan fingerprint density at radius 1 is 1.47 bits per heavy atom. The zero-order valence-corrected chi connectivity index (χ0v) is 10.2. The highest BCUT2D eigenvalue weighted by molar-refractivity contribution is 5.88. The van der Waals surface area contributed by atoms with Crippen molar-refractivity contribution in [1.82, 2.24) is 15.4 Å². The molecule has 0 spiro atoms. The first-order valence-electron chi connectivity index (χ1n) is 5.43. The number of H-pyrrole nitrogens is 1. The summed E-state index contributed by atoms with van der Waals surface area (Å²) in [7, 11) is 0. The van der Waals surface area contributed by atoms with E-state index in [2.05, 4.69) is 15.4 Å². The molecule has 5 nitrogen and oxygen atoms in total. The van der Waals surface area contributed by atoms with E-state index in [1.165, 1.54) is 0 Å². The molecule has 0 aliphatic heterocycles. The van der Waals surface area contributed by atoms with Gasteiger partial charge in [0.1, 0.15) is 5.82 Å². The number of aromatic amines is 1. The summed E-state index contributed by atoms with van der Waals surface area (Å²) in [4.78, 5) is 19.2. The molecule has 0 unspecified atom stereocenters. The summed E-state index contributed by atoms with van der Waals surface area (Å²) in [5.74, 6) is 5.84. The summed E-state index contributed by atoms with van der Waals surface area (Å²) in [5.41, 5.74) is 4.25. The van der Waals surface area contributed by atoms with Crippen LogP contribution in [0.2, 0.25) is 0 Å². The first-order chi connectivity index (χ1) is 7.95. The maximum atomic E-state index is 11.7. The van der Waals surface area contributed by atoms with Crippen LogP contribution in [0.3, 0.4) is 0 Å². The van der Waals surface area contributed by atoms with E-state index in [1.54, 1.807) is 0 Å². The highest BCUT2D eigenvalue weighted by atomic mass is 16.2. The number of carbonyl (C=O) groups is 1. The normalized spacial score (nSPS) is 11.8. The number of nitrogens with one attached hydrogen (secondary N) is 2. The second-order valence-electron chi connectivity index (χ2n) is 4.65. The smallest absolute Gasteiger partial charge is 0.243 e. The van der Waals surface area contributed by atoms with Crippen molar-refractivity contribution in [2.24, 2.45) is 5.84 Å². The van der Waals surface area contributed by atoms with Crippen LogP contribution in [0, 0.1) is 6.92 Å². The van der Waals surface area contributed by atoms with E-state index < -0.39 is 5.41 Å². The molecule has 5 heteroatoms. The topological polar surface area (TPSA) is 83.8 Å². The van der Waals surface area contributed by atoms with Gasteiger partial charge in [-0.25, -0.2) is 10.8 Å². The number of hydrazine groups is 1. The third kappa shape index (κ3) is 1.89. The molecular formula is C12H16N4O. The van der Waals surface area contributed by atoms with Gasteiger partial charge in [0.05, 0.1) is 16.4 Å². The molecule has 0 aliphatic carbocycles. The van der Waals surface area contributed by atoms with Gasteiger partial charge in [-0.2, -0.15) is 0 Å². The molecule has 1 heterocycles. The number of benzene rings is 1. The lowest BCUT2D eigenvalue weighted by Crippen LogP contribution is -2.43. The fourth-order valence-electron chi connectivity index (χ4n) is 1.84. The second-order valence-corrected chi connectivity index (χ2v) is 4.65. The number of hydrogen-bond donors (Lipinski definition) is 3. The Hall–Kier alpha value is -1.88. The van der Waals surface area contributed by atoms with E-state index in [1.807, 2.05) is 39.0 Å². The minimum atomic E-state index is -0.665. The molecule has 0 aliphatic rings. The summed E-state index contributed by atoms with van der Waals surface area (Å²) >= 11 is 0. The molecule has 17 heavy (non-hydrogen) atoms. The maximum Gasteiger partial charge on any atom is 0.243 e. The van der Waals surface area contributed by atoms with E-state index in [-0.39, 0.29) is 5.91 Å². The van der Waals surface area contributed by atoms with Gasteiger partial charge in [-0.05, 0) is 38.5 Å². The van der Waals surface area contributed by atoms with Gasteiger partial charge in [-0.3, -0.25) is 10.2 Å². The fourth-order valence-corrected chi connectivity index (χ4v) is 1.84. The molecule has 2 aromatic rings. The van der Waals surface area contributed by atoms with Crippen LogP contribution in [0.1, 0.15) is 25.2 Å². The molecule has 1 aromatic carbocycles. The Bertz CT molecular complexity index is 571. The second kappa shape index (κ2) is 3.85. The van der Waals surface area contributed by atoms with E-state index >= 15 is 0 Å². The van der Waals surface area contributed by atoms with Crippen LogP contribution in [-0.4, -0.2) is 15.9 Å². The lowest BCUT2D eigenvalue weighted by atomic mass is 9.84. The standard InChI is InChI=1S/C12H16N4O/c1-7-14-9-5-4-8(6-10(9)15-7)12(2,3)11(17)16-13/h4-6H,13H2,1-3H3,(H,14,15)(H,16,17). The van der Waals surface area contributed by atoms with Crippen molar-refractivity contribution in [1.29, 1.82) is 0 Å². The summed E-state index contributed by atoms with van der Waals surface area (Å²) in [6.45, 7) is 5.57. The third-order valence-electron chi connectivity index (χ3n) is 3.02. The molecule has 0 bridgehead atoms. The van der Waals surface area contributed by atoms with Crippen molar-refractivity contribution in [3.63, 3.8) is 0 Å². The number of amides is 1. The maximum absolute atomic E-state index is 11.7. The van der Waals surface area contributed by atoms with Gasteiger partial charge < -0.3 is 4.98 Å². The third-order valence-corrected chi connectivity index (χ3v) is 3.02. The van der Waals surface area contributed by atoms with E-state index in [0.717, 1.165) is 22.4 Å². The molecule has 0 radical (unpaired) electrons. The number of imidazole rings is 1. The van der Waals surface area contributed by atoms with Crippen molar-refractivity contribution in [2.45, 2.75) is 26.2 Å². The number of aryl methyl sites for hydroxylation is 1. The summed E-state index contributed by atoms with van der Waals surface area (Å²) in [5, 5.41) is 0. The Balaban J connectivity index is 2.52. The van der Waals surface area contributed by atoms with Gasteiger partial charge in [-0.1, -0.05) is 6.07 Å². The number of nitrogens with two attached hydrogens (primary N) is 1. The Morgan fingerprint density at radius 3 is 2.82 bits per heavy atom. The van der Waals surface area contributed by atoms with Crippen molar-refractivity contribution in [3.8, 4) is 0 Å². The molecule has 0 atom stereocenters. The van der Waals surface area contributed by atoms with Crippen LogP contribution >= 0.6 is 0 Å². The van der Waals surface area contributed by atoms with Gasteiger partial charge in [0.15, 0.2) is 0 Å². The molecule has 90 valence electrons. The van der Waals surface area contributed by atoms with E-state index in [0.29, 0.717) is 0 Å². The monoisotopic (exact) mass is 232 g/mol. The van der Waals surface area contributed by atoms with Crippen molar-refractivity contribution >= 4 is 16.9 Å². The number of fused-ring (bicyclic) bond motifs is 1. The number of rotatable bonds is 2. The summed E-state index contributed by atoms with van der Waals surface area (Å²) in [6, 6.07) is 5.74. The van der Waals surface area contributed by atoms with Gasteiger partial charge in [0.25, 0.3) is 0 Å². The van der Waals surface area contributed by atoms with E-state index in [9.17, 15) is 4.79 Å². The average Bonchev–Trinajstić information content (AvgIpc) is 2.66.